The Bertz CT molecular complexity index is 296. The van der Waals surface area contributed by atoms with Crippen molar-refractivity contribution in [2.24, 2.45) is 23.5 Å². The largest absolute Gasteiger partial charge is 0.396 e. The van der Waals surface area contributed by atoms with Gasteiger partial charge in [-0.2, -0.15) is 0 Å². The zero-order valence-electron chi connectivity index (χ0n) is 11.3. The lowest BCUT2D eigenvalue weighted by Gasteiger charge is -2.35. The van der Waals surface area contributed by atoms with Crippen LogP contribution in [0.5, 0.6) is 0 Å². The Morgan fingerprint density at radius 1 is 1.39 bits per heavy atom. The van der Waals surface area contributed by atoms with Gasteiger partial charge in [0.2, 0.25) is 5.91 Å². The Morgan fingerprint density at radius 2 is 2.17 bits per heavy atom. The smallest absolute Gasteiger partial charge is 0.227 e. The normalized spacial score (nSPS) is 36.9. The molecule has 1 aliphatic carbocycles. The van der Waals surface area contributed by atoms with E-state index in [1.165, 1.54) is 0 Å². The molecule has 0 aromatic carbocycles. The second-order valence-electron chi connectivity index (χ2n) is 6.04. The number of carbonyl (C=O) groups excluding carboxylic acids is 1. The summed E-state index contributed by atoms with van der Waals surface area (Å²) in [6.45, 7) is 4.05. The van der Waals surface area contributed by atoms with E-state index in [0.717, 1.165) is 45.2 Å². The molecule has 1 heterocycles. The van der Waals surface area contributed by atoms with E-state index in [-0.39, 0.29) is 24.5 Å². The summed E-state index contributed by atoms with van der Waals surface area (Å²) in [5.41, 5.74) is 6.20. The van der Waals surface area contributed by atoms with E-state index in [2.05, 4.69) is 6.92 Å². The molecule has 1 saturated heterocycles. The van der Waals surface area contributed by atoms with Crippen molar-refractivity contribution in [1.82, 2.24) is 4.90 Å². The van der Waals surface area contributed by atoms with Crippen molar-refractivity contribution in [3.8, 4) is 0 Å². The summed E-state index contributed by atoms with van der Waals surface area (Å²) in [5, 5.41) is 8.95. The first-order valence-corrected chi connectivity index (χ1v) is 7.28. The summed E-state index contributed by atoms with van der Waals surface area (Å²) >= 11 is 0. The molecular formula is C14H26N2O2. The van der Waals surface area contributed by atoms with Crippen molar-refractivity contribution in [3.63, 3.8) is 0 Å². The summed E-state index contributed by atoms with van der Waals surface area (Å²) in [6.07, 6.45) is 5.07. The van der Waals surface area contributed by atoms with Crippen molar-refractivity contribution < 1.29 is 9.90 Å². The van der Waals surface area contributed by atoms with Gasteiger partial charge >= 0.3 is 0 Å². The number of nitrogens with zero attached hydrogens (tertiary/aromatic N) is 1. The van der Waals surface area contributed by atoms with Gasteiger partial charge in [0.15, 0.2) is 0 Å². The molecule has 18 heavy (non-hydrogen) atoms. The van der Waals surface area contributed by atoms with E-state index in [0.29, 0.717) is 11.8 Å². The first-order chi connectivity index (χ1) is 8.63. The molecule has 0 bridgehead atoms. The SMILES string of the molecule is CC1CCCC(C(=O)N2CCC(CCO)C2)C1N. The van der Waals surface area contributed by atoms with Crippen LogP contribution in [0, 0.1) is 17.8 Å². The second kappa shape index (κ2) is 6.02. The summed E-state index contributed by atoms with van der Waals surface area (Å²) < 4.78 is 0. The van der Waals surface area contributed by atoms with Crippen molar-refractivity contribution in [1.29, 1.82) is 0 Å². The molecule has 1 saturated carbocycles. The number of hydrogen-bond donors (Lipinski definition) is 2. The molecule has 104 valence electrons. The number of nitrogens with two attached hydrogens (primary N) is 1. The number of rotatable bonds is 3. The highest BCUT2D eigenvalue weighted by molar-refractivity contribution is 5.80. The average molecular weight is 254 g/mol. The molecule has 0 aromatic heterocycles. The molecule has 0 spiro atoms. The van der Waals surface area contributed by atoms with E-state index >= 15 is 0 Å². The minimum Gasteiger partial charge on any atom is -0.396 e. The van der Waals surface area contributed by atoms with Gasteiger partial charge in [-0.3, -0.25) is 4.79 Å². The second-order valence-corrected chi connectivity index (χ2v) is 6.04. The van der Waals surface area contributed by atoms with Crippen LogP contribution in [0.4, 0.5) is 0 Å². The van der Waals surface area contributed by atoms with Crippen molar-refractivity contribution in [3.05, 3.63) is 0 Å². The first-order valence-electron chi connectivity index (χ1n) is 7.28. The fourth-order valence-electron chi connectivity index (χ4n) is 3.41. The van der Waals surface area contributed by atoms with Gasteiger partial charge in [0.25, 0.3) is 0 Å². The van der Waals surface area contributed by atoms with Crippen LogP contribution in [0.15, 0.2) is 0 Å². The number of aliphatic hydroxyl groups is 1. The van der Waals surface area contributed by atoms with Crippen LogP contribution in [-0.4, -0.2) is 41.7 Å². The van der Waals surface area contributed by atoms with E-state index < -0.39 is 0 Å². The Labute approximate surface area is 110 Å². The van der Waals surface area contributed by atoms with Crippen LogP contribution in [-0.2, 0) is 4.79 Å². The van der Waals surface area contributed by atoms with Crippen LogP contribution < -0.4 is 5.73 Å². The quantitative estimate of drug-likeness (QED) is 0.789. The van der Waals surface area contributed by atoms with E-state index in [4.69, 9.17) is 10.8 Å². The zero-order valence-corrected chi connectivity index (χ0v) is 11.3. The van der Waals surface area contributed by atoms with Crippen LogP contribution >= 0.6 is 0 Å². The molecular weight excluding hydrogens is 228 g/mol. The minimum absolute atomic E-state index is 0.0293. The number of hydrogen-bond acceptors (Lipinski definition) is 3. The Balaban J connectivity index is 1.91. The predicted molar refractivity (Wildman–Crippen MR) is 70.9 cm³/mol. The van der Waals surface area contributed by atoms with Gasteiger partial charge in [0.05, 0.1) is 5.92 Å². The van der Waals surface area contributed by atoms with Crippen LogP contribution in [0.2, 0.25) is 0 Å². The third kappa shape index (κ3) is 2.86. The highest BCUT2D eigenvalue weighted by atomic mass is 16.3. The molecule has 3 N–H and O–H groups in total. The summed E-state index contributed by atoms with van der Waals surface area (Å²) in [6, 6.07) is 0.0307. The summed E-state index contributed by atoms with van der Waals surface area (Å²) in [5.74, 6) is 1.23. The molecule has 1 aliphatic heterocycles. The number of amides is 1. The van der Waals surface area contributed by atoms with Gasteiger partial charge in [-0.1, -0.05) is 13.3 Å². The number of likely N-dealkylation sites (tertiary alicyclic amines) is 1. The fraction of sp³-hybridized carbons (Fsp3) is 0.929. The van der Waals surface area contributed by atoms with Gasteiger partial charge < -0.3 is 15.7 Å². The summed E-state index contributed by atoms with van der Waals surface area (Å²) in [7, 11) is 0. The molecule has 2 aliphatic rings. The van der Waals surface area contributed by atoms with Crippen molar-refractivity contribution in [2.45, 2.75) is 45.1 Å². The maximum absolute atomic E-state index is 12.5. The molecule has 4 unspecified atom stereocenters. The van der Waals surface area contributed by atoms with Crippen molar-refractivity contribution in [2.75, 3.05) is 19.7 Å². The Hall–Kier alpha value is -0.610. The van der Waals surface area contributed by atoms with Gasteiger partial charge in [-0.25, -0.2) is 0 Å². The highest BCUT2D eigenvalue weighted by Gasteiger charge is 2.37. The van der Waals surface area contributed by atoms with Crippen LogP contribution in [0.1, 0.15) is 39.0 Å². The van der Waals surface area contributed by atoms with Gasteiger partial charge in [0, 0.05) is 25.7 Å². The lowest BCUT2D eigenvalue weighted by Crippen LogP contribution is -2.48. The highest BCUT2D eigenvalue weighted by Crippen LogP contribution is 2.31. The molecule has 0 aromatic rings. The lowest BCUT2D eigenvalue weighted by molar-refractivity contribution is -0.136. The molecule has 1 amide bonds. The minimum atomic E-state index is 0.0293. The molecule has 2 rings (SSSR count). The zero-order chi connectivity index (χ0) is 13.1. The van der Waals surface area contributed by atoms with Gasteiger partial charge in [-0.15, -0.1) is 0 Å². The third-order valence-electron chi connectivity index (χ3n) is 4.75. The van der Waals surface area contributed by atoms with Gasteiger partial charge in [-0.05, 0) is 37.5 Å². The molecule has 4 nitrogen and oxygen atoms in total. The van der Waals surface area contributed by atoms with Crippen LogP contribution in [0.3, 0.4) is 0 Å². The standard InChI is InChI=1S/C14H26N2O2/c1-10-3-2-4-12(13(10)15)14(18)16-7-5-11(9-16)6-8-17/h10-13,17H,2-9,15H2,1H3. The number of aliphatic hydroxyl groups excluding tert-OH is 1. The topological polar surface area (TPSA) is 66.6 Å². The van der Waals surface area contributed by atoms with E-state index in [1.807, 2.05) is 4.90 Å². The predicted octanol–water partition coefficient (Wildman–Crippen LogP) is 0.981. The van der Waals surface area contributed by atoms with Crippen molar-refractivity contribution >= 4 is 5.91 Å². The molecule has 4 heteroatoms. The molecule has 0 radical (unpaired) electrons. The maximum atomic E-state index is 12.5. The summed E-state index contributed by atoms with van der Waals surface area (Å²) in [4.78, 5) is 14.5. The first kappa shape index (κ1) is 13.8. The third-order valence-corrected chi connectivity index (χ3v) is 4.75. The molecule has 4 atom stereocenters. The molecule has 2 fully saturated rings. The van der Waals surface area contributed by atoms with E-state index in [1.54, 1.807) is 0 Å². The lowest BCUT2D eigenvalue weighted by atomic mass is 9.77. The Kier molecular flexibility index (Phi) is 4.62. The van der Waals surface area contributed by atoms with Gasteiger partial charge in [0.1, 0.15) is 0 Å². The maximum Gasteiger partial charge on any atom is 0.227 e. The van der Waals surface area contributed by atoms with Crippen LogP contribution in [0.25, 0.3) is 0 Å². The fourth-order valence-corrected chi connectivity index (χ4v) is 3.41. The Morgan fingerprint density at radius 3 is 2.89 bits per heavy atom. The van der Waals surface area contributed by atoms with E-state index in [9.17, 15) is 4.79 Å². The average Bonchev–Trinajstić information content (AvgIpc) is 2.81. The number of carbonyl (C=O) groups is 1. The monoisotopic (exact) mass is 254 g/mol.